The lowest BCUT2D eigenvalue weighted by Gasteiger charge is -2.23. The van der Waals surface area contributed by atoms with E-state index in [1.807, 2.05) is 84.9 Å². The van der Waals surface area contributed by atoms with Crippen LogP contribution in [0.25, 0.3) is 11.1 Å². The van der Waals surface area contributed by atoms with E-state index < -0.39 is 41.8 Å². The largest absolute Gasteiger partial charge is 0.460 e. The Hall–Kier alpha value is -6.10. The normalized spacial score (nSPS) is 13.1. The molecule has 11 nitrogen and oxygen atoms in total. The van der Waals surface area contributed by atoms with Gasteiger partial charge in [0, 0.05) is 19.0 Å². The van der Waals surface area contributed by atoms with Gasteiger partial charge in [0.1, 0.15) is 25.4 Å². The van der Waals surface area contributed by atoms with Crippen LogP contribution < -0.4 is 16.0 Å². The zero-order chi connectivity index (χ0) is 40.5. The van der Waals surface area contributed by atoms with Crippen LogP contribution >= 0.6 is 0 Å². The summed E-state index contributed by atoms with van der Waals surface area (Å²) in [6, 6.07) is 34.5. The number of carbonyl (C=O) groups excluding carboxylic acids is 4. The van der Waals surface area contributed by atoms with Crippen molar-refractivity contribution < 1.29 is 38.1 Å². The molecule has 0 bridgehead atoms. The van der Waals surface area contributed by atoms with Crippen LogP contribution in [-0.2, 0) is 37.0 Å². The molecule has 300 valence electrons. The number of alkyl carbamates (subject to hydrolysis) is 3. The van der Waals surface area contributed by atoms with Crippen molar-refractivity contribution in [3.63, 3.8) is 0 Å². The Morgan fingerprint density at radius 2 is 1.11 bits per heavy atom. The number of esters is 1. The Bertz CT molecular complexity index is 1900. The maximum absolute atomic E-state index is 13.4. The molecule has 3 N–H and O–H groups in total. The highest BCUT2D eigenvalue weighted by atomic mass is 16.6. The molecular formula is C46H53N3O8. The van der Waals surface area contributed by atoms with Crippen LogP contribution in [0.1, 0.15) is 74.6 Å². The third kappa shape index (κ3) is 13.9. The van der Waals surface area contributed by atoms with Gasteiger partial charge in [-0.25, -0.2) is 14.4 Å². The van der Waals surface area contributed by atoms with E-state index in [0.29, 0.717) is 32.2 Å². The maximum atomic E-state index is 13.4. The molecule has 0 saturated heterocycles. The van der Waals surface area contributed by atoms with Crippen LogP contribution in [-0.4, -0.2) is 55.6 Å². The number of hydrogen-bond donors (Lipinski definition) is 3. The molecule has 0 unspecified atom stereocenters. The van der Waals surface area contributed by atoms with E-state index >= 15 is 0 Å². The second-order valence-corrected chi connectivity index (χ2v) is 14.9. The molecule has 4 aromatic carbocycles. The minimum Gasteiger partial charge on any atom is -0.460 e. The molecular weight excluding hydrogens is 723 g/mol. The van der Waals surface area contributed by atoms with E-state index in [4.69, 9.17) is 18.9 Å². The summed E-state index contributed by atoms with van der Waals surface area (Å²) in [5.74, 6) is -1.19. The van der Waals surface area contributed by atoms with Gasteiger partial charge in [-0.2, -0.15) is 0 Å². The molecule has 2 atom stereocenters. The third-order valence-corrected chi connectivity index (χ3v) is 9.28. The first-order chi connectivity index (χ1) is 27.6. The summed E-state index contributed by atoms with van der Waals surface area (Å²) in [4.78, 5) is 51.4. The van der Waals surface area contributed by atoms with Crippen molar-refractivity contribution in [3.05, 3.63) is 144 Å². The topological polar surface area (TPSA) is 141 Å². The molecule has 0 saturated carbocycles. The minimum atomic E-state index is -0.720. The van der Waals surface area contributed by atoms with Gasteiger partial charge in [-0.05, 0) is 79.8 Å². The number of benzene rings is 4. The maximum Gasteiger partial charge on any atom is 0.407 e. The molecule has 0 radical (unpaired) electrons. The van der Waals surface area contributed by atoms with E-state index in [0.717, 1.165) is 33.4 Å². The van der Waals surface area contributed by atoms with Gasteiger partial charge in [0.25, 0.3) is 0 Å². The number of hydrogen-bond acceptors (Lipinski definition) is 8. The fourth-order valence-corrected chi connectivity index (χ4v) is 6.52. The van der Waals surface area contributed by atoms with Crippen LogP contribution in [0.3, 0.4) is 0 Å². The van der Waals surface area contributed by atoms with Crippen molar-refractivity contribution in [1.29, 1.82) is 0 Å². The highest BCUT2D eigenvalue weighted by Gasteiger charge is 2.29. The molecule has 4 aromatic rings. The van der Waals surface area contributed by atoms with Crippen molar-refractivity contribution in [3.8, 4) is 11.1 Å². The second kappa shape index (κ2) is 21.3. The lowest BCUT2D eigenvalue weighted by atomic mass is 9.98. The molecule has 3 amide bonds. The summed E-state index contributed by atoms with van der Waals surface area (Å²) in [6.07, 6.45) is 3.56. The zero-order valence-corrected chi connectivity index (χ0v) is 32.9. The van der Waals surface area contributed by atoms with Crippen molar-refractivity contribution in [2.75, 3.05) is 19.7 Å². The average Bonchev–Trinajstić information content (AvgIpc) is 3.53. The molecule has 0 aromatic heterocycles. The predicted octanol–water partition coefficient (Wildman–Crippen LogP) is 8.82. The quantitative estimate of drug-likeness (QED) is 0.0394. The Balaban J connectivity index is 1.19. The van der Waals surface area contributed by atoms with Crippen LogP contribution in [0.2, 0.25) is 0 Å². The summed E-state index contributed by atoms with van der Waals surface area (Å²) in [5, 5.41) is 8.47. The van der Waals surface area contributed by atoms with Crippen molar-refractivity contribution in [2.24, 2.45) is 5.92 Å². The summed E-state index contributed by atoms with van der Waals surface area (Å²) in [6.45, 7) is 6.43. The monoisotopic (exact) mass is 775 g/mol. The third-order valence-electron chi connectivity index (χ3n) is 9.28. The fourth-order valence-electron chi connectivity index (χ4n) is 6.52. The summed E-state index contributed by atoms with van der Waals surface area (Å²) in [5.41, 5.74) is 5.50. The van der Waals surface area contributed by atoms with Gasteiger partial charge >= 0.3 is 24.2 Å². The summed E-state index contributed by atoms with van der Waals surface area (Å²) >= 11 is 0. The first-order valence-electron chi connectivity index (χ1n) is 19.5. The average molecular weight is 776 g/mol. The Labute approximate surface area is 335 Å². The van der Waals surface area contributed by atoms with E-state index in [-0.39, 0.29) is 32.3 Å². The summed E-state index contributed by atoms with van der Waals surface area (Å²) < 4.78 is 22.2. The highest BCUT2D eigenvalue weighted by molar-refractivity contribution is 5.79. The molecule has 1 aliphatic carbocycles. The Morgan fingerprint density at radius 3 is 1.63 bits per heavy atom. The zero-order valence-electron chi connectivity index (χ0n) is 32.9. The standard InChI is InChI=1S/C46H53N3O8/c1-46(2,3)57-42(50)35(20-14-28-47-43(51)54-30-33-16-6-4-7-17-33)26-27-36(21-15-29-48-44(52)55-31-34-18-8-5-9-19-34)49-45(53)56-32-41-39-24-12-10-22-37(39)38-23-11-13-25-40(38)41/h4-13,16-19,22-27,35-36,41H,14-15,20-21,28-32H2,1-3H3,(H,47,51)(H,48,52)(H,49,53)/b27-26+/t35-,36+/m1/s1. The van der Waals surface area contributed by atoms with E-state index in [2.05, 4.69) is 40.2 Å². The minimum absolute atomic E-state index is 0.107. The van der Waals surface area contributed by atoms with Crippen molar-refractivity contribution >= 4 is 24.2 Å². The van der Waals surface area contributed by atoms with Gasteiger partial charge in [0.2, 0.25) is 0 Å². The number of ether oxygens (including phenoxy) is 4. The van der Waals surface area contributed by atoms with E-state index in [1.165, 1.54) is 0 Å². The molecule has 5 rings (SSSR count). The number of amides is 3. The molecule has 1 aliphatic rings. The molecule has 0 heterocycles. The number of fused-ring (bicyclic) bond motifs is 3. The van der Waals surface area contributed by atoms with Crippen LogP contribution in [0.15, 0.2) is 121 Å². The van der Waals surface area contributed by atoms with Gasteiger partial charge in [0.05, 0.1) is 12.0 Å². The van der Waals surface area contributed by atoms with Crippen molar-refractivity contribution in [2.45, 2.75) is 77.2 Å². The van der Waals surface area contributed by atoms with Crippen LogP contribution in [0.4, 0.5) is 14.4 Å². The van der Waals surface area contributed by atoms with E-state index in [9.17, 15) is 19.2 Å². The Morgan fingerprint density at radius 1 is 0.614 bits per heavy atom. The van der Waals surface area contributed by atoms with Gasteiger partial charge in [-0.3, -0.25) is 4.79 Å². The molecule has 0 aliphatic heterocycles. The fraction of sp³-hybridized carbons (Fsp3) is 0.348. The van der Waals surface area contributed by atoms with Crippen LogP contribution in [0, 0.1) is 5.92 Å². The van der Waals surface area contributed by atoms with Crippen LogP contribution in [0.5, 0.6) is 0 Å². The molecule has 0 fully saturated rings. The van der Waals surface area contributed by atoms with Gasteiger partial charge in [0.15, 0.2) is 0 Å². The lowest BCUT2D eigenvalue weighted by Crippen LogP contribution is -2.36. The lowest BCUT2D eigenvalue weighted by molar-refractivity contribution is -0.158. The first-order valence-corrected chi connectivity index (χ1v) is 19.5. The summed E-state index contributed by atoms with van der Waals surface area (Å²) in [7, 11) is 0. The van der Waals surface area contributed by atoms with Gasteiger partial charge in [-0.1, -0.05) is 121 Å². The predicted molar refractivity (Wildman–Crippen MR) is 218 cm³/mol. The van der Waals surface area contributed by atoms with Gasteiger partial charge in [-0.15, -0.1) is 0 Å². The number of rotatable bonds is 18. The first kappa shape index (κ1) is 42.1. The number of carbonyl (C=O) groups is 4. The SMILES string of the molecule is CC(C)(C)OC(=O)[C@@H](/C=C/[C@H](CCCNC(=O)OCc1ccccc1)NC(=O)OCC1c2ccccc2-c2ccccc21)CCCNC(=O)OCc1ccccc1. The number of nitrogens with one attached hydrogen (secondary N) is 3. The second-order valence-electron chi connectivity index (χ2n) is 14.9. The smallest absolute Gasteiger partial charge is 0.407 e. The Kier molecular flexibility index (Phi) is 15.7. The van der Waals surface area contributed by atoms with E-state index in [1.54, 1.807) is 32.9 Å². The molecule has 57 heavy (non-hydrogen) atoms. The van der Waals surface area contributed by atoms with Gasteiger partial charge < -0.3 is 34.9 Å². The highest BCUT2D eigenvalue weighted by Crippen LogP contribution is 2.44. The molecule has 11 heteroatoms. The molecule has 0 spiro atoms. The van der Waals surface area contributed by atoms with Crippen molar-refractivity contribution in [1.82, 2.24) is 16.0 Å².